The van der Waals surface area contributed by atoms with Crippen LogP contribution in [0.3, 0.4) is 0 Å². The second kappa shape index (κ2) is 3.68. The highest BCUT2D eigenvalue weighted by molar-refractivity contribution is 5.24. The molecule has 1 aromatic carbocycles. The topological polar surface area (TPSA) is 3.24 Å². The van der Waals surface area contributed by atoms with Crippen LogP contribution in [-0.4, -0.2) is 19.0 Å². The van der Waals surface area contributed by atoms with Crippen molar-refractivity contribution in [2.24, 2.45) is 0 Å². The molecule has 1 rings (SSSR count). The monoisotopic (exact) mass is 167 g/mol. The predicted octanol–water partition coefficient (Wildman–Crippen LogP) is 2.20. The maximum absolute atomic E-state index is 13.3. The molecule has 0 bridgehead atoms. The standard InChI is InChI=1S/C10H14FN/c1-8-5-4-6-9(10(8)11)7-12(2)3/h4-6H,7H2,1-3H3. The molecule has 1 aromatic rings. The molecule has 2 heteroatoms. The van der Waals surface area contributed by atoms with Gasteiger partial charge in [-0.25, -0.2) is 4.39 Å². The highest BCUT2D eigenvalue weighted by atomic mass is 19.1. The van der Waals surface area contributed by atoms with E-state index in [0.717, 1.165) is 5.56 Å². The van der Waals surface area contributed by atoms with E-state index in [-0.39, 0.29) is 5.82 Å². The van der Waals surface area contributed by atoms with Crippen LogP contribution in [-0.2, 0) is 6.54 Å². The van der Waals surface area contributed by atoms with Gasteiger partial charge in [0.05, 0.1) is 0 Å². The highest BCUT2D eigenvalue weighted by Gasteiger charge is 2.04. The van der Waals surface area contributed by atoms with E-state index in [1.807, 2.05) is 31.1 Å². The first-order chi connectivity index (χ1) is 5.61. The molecule has 0 saturated heterocycles. The van der Waals surface area contributed by atoms with Gasteiger partial charge in [0.2, 0.25) is 0 Å². The lowest BCUT2D eigenvalue weighted by Gasteiger charge is -2.11. The van der Waals surface area contributed by atoms with Crippen molar-refractivity contribution in [2.75, 3.05) is 14.1 Å². The smallest absolute Gasteiger partial charge is 0.130 e. The zero-order chi connectivity index (χ0) is 9.14. The molecule has 66 valence electrons. The molecule has 0 spiro atoms. The number of hydrogen-bond donors (Lipinski definition) is 0. The Bertz CT molecular complexity index is 269. The first-order valence-electron chi connectivity index (χ1n) is 4.00. The van der Waals surface area contributed by atoms with Crippen LogP contribution in [0, 0.1) is 12.7 Å². The van der Waals surface area contributed by atoms with E-state index in [1.165, 1.54) is 0 Å². The lowest BCUT2D eigenvalue weighted by molar-refractivity contribution is 0.392. The summed E-state index contributed by atoms with van der Waals surface area (Å²) in [6.45, 7) is 2.45. The molecular weight excluding hydrogens is 153 g/mol. The summed E-state index contributed by atoms with van der Waals surface area (Å²) in [5.74, 6) is -0.0776. The maximum atomic E-state index is 13.3. The van der Waals surface area contributed by atoms with Crippen molar-refractivity contribution in [3.63, 3.8) is 0 Å². The zero-order valence-corrected chi connectivity index (χ0v) is 7.76. The van der Waals surface area contributed by atoms with Crippen LogP contribution in [0.2, 0.25) is 0 Å². The molecule has 0 amide bonds. The molecule has 0 aliphatic rings. The minimum atomic E-state index is -0.0776. The first-order valence-corrected chi connectivity index (χ1v) is 4.00. The van der Waals surface area contributed by atoms with Crippen molar-refractivity contribution in [3.05, 3.63) is 35.1 Å². The quantitative estimate of drug-likeness (QED) is 0.652. The van der Waals surface area contributed by atoms with Gasteiger partial charge in [-0.05, 0) is 26.6 Å². The Balaban J connectivity index is 2.92. The fraction of sp³-hybridized carbons (Fsp3) is 0.400. The fourth-order valence-electron chi connectivity index (χ4n) is 1.17. The van der Waals surface area contributed by atoms with Crippen molar-refractivity contribution in [3.8, 4) is 0 Å². The summed E-state index contributed by atoms with van der Waals surface area (Å²) >= 11 is 0. The second-order valence-electron chi connectivity index (χ2n) is 3.29. The number of hydrogen-bond acceptors (Lipinski definition) is 1. The zero-order valence-electron chi connectivity index (χ0n) is 7.76. The number of halogens is 1. The van der Waals surface area contributed by atoms with Crippen molar-refractivity contribution < 1.29 is 4.39 Å². The summed E-state index contributed by atoms with van der Waals surface area (Å²) in [5.41, 5.74) is 1.48. The average Bonchev–Trinajstić information content (AvgIpc) is 1.98. The Kier molecular flexibility index (Phi) is 2.82. The van der Waals surface area contributed by atoms with Crippen LogP contribution in [0.15, 0.2) is 18.2 Å². The molecule has 0 aromatic heterocycles. The first kappa shape index (κ1) is 9.20. The van der Waals surface area contributed by atoms with Crippen LogP contribution < -0.4 is 0 Å². The van der Waals surface area contributed by atoms with E-state index in [9.17, 15) is 4.39 Å². The number of rotatable bonds is 2. The van der Waals surface area contributed by atoms with Gasteiger partial charge in [-0.2, -0.15) is 0 Å². The lowest BCUT2D eigenvalue weighted by Crippen LogP contribution is -2.12. The summed E-state index contributed by atoms with van der Waals surface area (Å²) in [6.07, 6.45) is 0. The average molecular weight is 167 g/mol. The molecule has 0 N–H and O–H groups in total. The Morgan fingerprint density at radius 1 is 1.33 bits per heavy atom. The molecule has 0 unspecified atom stereocenters. The van der Waals surface area contributed by atoms with Gasteiger partial charge in [-0.3, -0.25) is 0 Å². The van der Waals surface area contributed by atoms with Gasteiger partial charge in [0.1, 0.15) is 5.82 Å². The third-order valence-electron chi connectivity index (χ3n) is 1.76. The lowest BCUT2D eigenvalue weighted by atomic mass is 10.1. The van der Waals surface area contributed by atoms with Gasteiger partial charge >= 0.3 is 0 Å². The Hall–Kier alpha value is -0.890. The van der Waals surface area contributed by atoms with Crippen LogP contribution in [0.1, 0.15) is 11.1 Å². The molecule has 12 heavy (non-hydrogen) atoms. The van der Waals surface area contributed by atoms with Crippen molar-refractivity contribution in [2.45, 2.75) is 13.5 Å². The molecule has 0 aliphatic carbocycles. The van der Waals surface area contributed by atoms with Crippen molar-refractivity contribution >= 4 is 0 Å². The second-order valence-corrected chi connectivity index (χ2v) is 3.29. The van der Waals surface area contributed by atoms with Gasteiger partial charge in [0.25, 0.3) is 0 Å². The normalized spacial score (nSPS) is 10.8. The van der Waals surface area contributed by atoms with Crippen molar-refractivity contribution in [1.29, 1.82) is 0 Å². The SMILES string of the molecule is Cc1cccc(CN(C)C)c1F. The molecule has 0 fully saturated rings. The van der Waals surface area contributed by atoms with E-state index in [0.29, 0.717) is 12.1 Å². The van der Waals surface area contributed by atoms with E-state index >= 15 is 0 Å². The molecule has 0 heterocycles. The third-order valence-corrected chi connectivity index (χ3v) is 1.76. The summed E-state index contributed by atoms with van der Waals surface area (Å²) in [5, 5.41) is 0. The molecule has 0 saturated carbocycles. The van der Waals surface area contributed by atoms with Crippen LogP contribution >= 0.6 is 0 Å². The molecular formula is C10H14FN. The minimum absolute atomic E-state index is 0.0776. The van der Waals surface area contributed by atoms with Crippen LogP contribution in [0.4, 0.5) is 4.39 Å². The van der Waals surface area contributed by atoms with Gasteiger partial charge in [-0.15, -0.1) is 0 Å². The Labute approximate surface area is 72.8 Å². The Morgan fingerprint density at radius 2 is 2.00 bits per heavy atom. The van der Waals surface area contributed by atoms with E-state index in [2.05, 4.69) is 0 Å². The molecule has 0 atom stereocenters. The largest absolute Gasteiger partial charge is 0.305 e. The van der Waals surface area contributed by atoms with Crippen molar-refractivity contribution in [1.82, 2.24) is 4.90 Å². The van der Waals surface area contributed by atoms with Crippen LogP contribution in [0.5, 0.6) is 0 Å². The molecule has 0 radical (unpaired) electrons. The summed E-state index contributed by atoms with van der Waals surface area (Å²) < 4.78 is 13.3. The maximum Gasteiger partial charge on any atom is 0.130 e. The highest BCUT2D eigenvalue weighted by Crippen LogP contribution is 2.12. The van der Waals surface area contributed by atoms with Gasteiger partial charge in [-0.1, -0.05) is 18.2 Å². The van der Waals surface area contributed by atoms with Crippen LogP contribution in [0.25, 0.3) is 0 Å². The Morgan fingerprint density at radius 3 is 2.58 bits per heavy atom. The fourth-order valence-corrected chi connectivity index (χ4v) is 1.17. The van der Waals surface area contributed by atoms with Gasteiger partial charge < -0.3 is 4.90 Å². The number of aryl methyl sites for hydroxylation is 1. The third kappa shape index (κ3) is 2.05. The van der Waals surface area contributed by atoms with E-state index in [1.54, 1.807) is 13.0 Å². The molecule has 0 aliphatic heterocycles. The van der Waals surface area contributed by atoms with E-state index in [4.69, 9.17) is 0 Å². The molecule has 1 nitrogen and oxygen atoms in total. The number of nitrogens with zero attached hydrogens (tertiary/aromatic N) is 1. The summed E-state index contributed by atoms with van der Waals surface area (Å²) in [7, 11) is 3.86. The predicted molar refractivity (Wildman–Crippen MR) is 48.5 cm³/mol. The van der Waals surface area contributed by atoms with Gasteiger partial charge in [0, 0.05) is 12.1 Å². The minimum Gasteiger partial charge on any atom is -0.305 e. The number of benzene rings is 1. The summed E-state index contributed by atoms with van der Waals surface area (Å²) in [4.78, 5) is 1.96. The summed E-state index contributed by atoms with van der Waals surface area (Å²) in [6, 6.07) is 5.49. The van der Waals surface area contributed by atoms with Gasteiger partial charge in [0.15, 0.2) is 0 Å². The van der Waals surface area contributed by atoms with E-state index < -0.39 is 0 Å².